The van der Waals surface area contributed by atoms with Crippen LogP contribution in [0.4, 0.5) is 0 Å². The van der Waals surface area contributed by atoms with Crippen LogP contribution in [0, 0.1) is 6.92 Å². The number of methoxy groups -OCH3 is 1. The largest absolute Gasteiger partial charge is 0.491 e. The van der Waals surface area contributed by atoms with Gasteiger partial charge >= 0.3 is 0 Å². The molecule has 0 aliphatic carbocycles. The van der Waals surface area contributed by atoms with E-state index in [1.54, 1.807) is 7.11 Å². The van der Waals surface area contributed by atoms with Crippen molar-refractivity contribution >= 4 is 0 Å². The number of rotatable bonds is 5. The fourth-order valence-corrected chi connectivity index (χ4v) is 1.02. The summed E-state index contributed by atoms with van der Waals surface area (Å²) < 4.78 is 10.4. The van der Waals surface area contributed by atoms with Crippen molar-refractivity contribution in [2.45, 2.75) is 13.0 Å². The molecule has 1 unspecified atom stereocenters. The van der Waals surface area contributed by atoms with Crippen molar-refractivity contribution < 1.29 is 14.6 Å². The van der Waals surface area contributed by atoms with Crippen LogP contribution in [0.5, 0.6) is 5.75 Å². The summed E-state index contributed by atoms with van der Waals surface area (Å²) in [4.78, 5) is 0. The van der Waals surface area contributed by atoms with Crippen LogP contribution in [0.15, 0.2) is 24.3 Å². The molecule has 1 N–H and O–H groups in total. The Balaban J connectivity index is 2.41. The van der Waals surface area contributed by atoms with Gasteiger partial charge in [0.2, 0.25) is 0 Å². The minimum Gasteiger partial charge on any atom is -0.491 e. The van der Waals surface area contributed by atoms with Crippen LogP contribution in [0.25, 0.3) is 0 Å². The highest BCUT2D eigenvalue weighted by atomic mass is 16.5. The maximum atomic E-state index is 8.84. The first-order chi connectivity index (χ1) is 6.76. The molecular weight excluding hydrogens is 180 g/mol. The van der Waals surface area contributed by atoms with Gasteiger partial charge < -0.3 is 14.6 Å². The fourth-order valence-electron chi connectivity index (χ4n) is 1.02. The third-order valence-electron chi connectivity index (χ3n) is 1.99. The Morgan fingerprint density at radius 1 is 1.29 bits per heavy atom. The van der Waals surface area contributed by atoms with E-state index in [1.165, 1.54) is 5.56 Å². The quantitative estimate of drug-likeness (QED) is 0.773. The lowest BCUT2D eigenvalue weighted by Crippen LogP contribution is -2.24. The predicted octanol–water partition coefficient (Wildman–Crippen LogP) is 1.38. The van der Waals surface area contributed by atoms with Gasteiger partial charge in [-0.25, -0.2) is 0 Å². The van der Waals surface area contributed by atoms with E-state index >= 15 is 0 Å². The van der Waals surface area contributed by atoms with Crippen LogP contribution in [-0.2, 0) is 4.74 Å². The second-order valence-electron chi connectivity index (χ2n) is 3.16. The van der Waals surface area contributed by atoms with E-state index < -0.39 is 0 Å². The maximum Gasteiger partial charge on any atom is 0.119 e. The van der Waals surface area contributed by atoms with Gasteiger partial charge in [0.05, 0.1) is 6.61 Å². The molecule has 0 radical (unpaired) electrons. The molecule has 1 aromatic carbocycles. The van der Waals surface area contributed by atoms with Crippen molar-refractivity contribution in [3.05, 3.63) is 29.8 Å². The predicted molar refractivity (Wildman–Crippen MR) is 54.6 cm³/mol. The third-order valence-corrected chi connectivity index (χ3v) is 1.99. The van der Waals surface area contributed by atoms with E-state index in [0.29, 0.717) is 6.61 Å². The standard InChI is InChI=1S/C11H16O3/c1-9-3-5-10(6-4-9)14-8-11(7-12)13-2/h3-6,11-12H,7-8H2,1-2H3. The summed E-state index contributed by atoms with van der Waals surface area (Å²) in [5.41, 5.74) is 1.20. The molecule has 0 spiro atoms. The zero-order chi connectivity index (χ0) is 10.4. The Bertz CT molecular complexity index is 252. The molecule has 0 saturated carbocycles. The van der Waals surface area contributed by atoms with Crippen molar-refractivity contribution in [2.75, 3.05) is 20.3 Å². The van der Waals surface area contributed by atoms with E-state index in [0.717, 1.165) is 5.75 Å². The van der Waals surface area contributed by atoms with Gasteiger partial charge in [0.25, 0.3) is 0 Å². The number of benzene rings is 1. The van der Waals surface area contributed by atoms with Crippen LogP contribution >= 0.6 is 0 Å². The summed E-state index contributed by atoms with van der Waals surface area (Å²) >= 11 is 0. The number of ether oxygens (including phenoxy) is 2. The Kier molecular flexibility index (Phi) is 4.43. The molecule has 0 amide bonds. The topological polar surface area (TPSA) is 38.7 Å². The number of aliphatic hydroxyl groups is 1. The molecule has 14 heavy (non-hydrogen) atoms. The molecule has 0 aliphatic rings. The van der Waals surface area contributed by atoms with Crippen molar-refractivity contribution in [1.29, 1.82) is 0 Å². The van der Waals surface area contributed by atoms with Gasteiger partial charge in [-0.3, -0.25) is 0 Å². The van der Waals surface area contributed by atoms with Gasteiger partial charge in [-0.1, -0.05) is 17.7 Å². The first kappa shape index (κ1) is 11.0. The highest BCUT2D eigenvalue weighted by Crippen LogP contribution is 2.11. The molecule has 0 saturated heterocycles. The van der Waals surface area contributed by atoms with Crippen LogP contribution < -0.4 is 4.74 Å². The maximum absolute atomic E-state index is 8.84. The zero-order valence-electron chi connectivity index (χ0n) is 8.56. The number of hydrogen-bond acceptors (Lipinski definition) is 3. The molecule has 3 nitrogen and oxygen atoms in total. The fraction of sp³-hybridized carbons (Fsp3) is 0.455. The molecule has 1 rings (SSSR count). The van der Waals surface area contributed by atoms with Crippen molar-refractivity contribution in [1.82, 2.24) is 0 Å². The monoisotopic (exact) mass is 196 g/mol. The minimum atomic E-state index is -0.253. The van der Waals surface area contributed by atoms with E-state index in [2.05, 4.69) is 0 Å². The molecule has 1 atom stereocenters. The summed E-state index contributed by atoms with van der Waals surface area (Å²) in [5, 5.41) is 8.84. The molecule has 0 aromatic heterocycles. The zero-order valence-corrected chi connectivity index (χ0v) is 8.56. The Morgan fingerprint density at radius 2 is 1.93 bits per heavy atom. The van der Waals surface area contributed by atoms with Gasteiger partial charge in [-0.15, -0.1) is 0 Å². The molecule has 0 bridgehead atoms. The first-order valence-electron chi connectivity index (χ1n) is 4.59. The Hall–Kier alpha value is -1.06. The highest BCUT2D eigenvalue weighted by Gasteiger charge is 2.05. The molecule has 0 heterocycles. The SMILES string of the molecule is COC(CO)COc1ccc(C)cc1. The van der Waals surface area contributed by atoms with Crippen molar-refractivity contribution in [3.8, 4) is 5.75 Å². The average Bonchev–Trinajstić information content (AvgIpc) is 2.22. The highest BCUT2D eigenvalue weighted by molar-refractivity contribution is 5.26. The summed E-state index contributed by atoms with van der Waals surface area (Å²) in [5.74, 6) is 0.797. The van der Waals surface area contributed by atoms with E-state index in [9.17, 15) is 0 Å². The smallest absolute Gasteiger partial charge is 0.119 e. The van der Waals surface area contributed by atoms with Crippen LogP contribution in [-0.4, -0.2) is 31.5 Å². The third kappa shape index (κ3) is 3.36. The molecule has 1 aromatic rings. The average molecular weight is 196 g/mol. The normalized spacial score (nSPS) is 12.5. The second-order valence-corrected chi connectivity index (χ2v) is 3.16. The van der Waals surface area contributed by atoms with Crippen LogP contribution in [0.1, 0.15) is 5.56 Å². The number of aliphatic hydroxyl groups excluding tert-OH is 1. The van der Waals surface area contributed by atoms with Crippen molar-refractivity contribution in [3.63, 3.8) is 0 Å². The lowest BCUT2D eigenvalue weighted by Gasteiger charge is -2.13. The van der Waals surface area contributed by atoms with Gasteiger partial charge in [-0.05, 0) is 19.1 Å². The van der Waals surface area contributed by atoms with Gasteiger partial charge in [0, 0.05) is 7.11 Å². The Morgan fingerprint density at radius 3 is 2.43 bits per heavy atom. The lowest BCUT2D eigenvalue weighted by molar-refractivity contribution is 0.0164. The molecule has 3 heteroatoms. The number of aryl methyl sites for hydroxylation is 1. The summed E-state index contributed by atoms with van der Waals surface area (Å²) in [6.07, 6.45) is -0.253. The summed E-state index contributed by atoms with van der Waals surface area (Å²) in [7, 11) is 1.55. The van der Waals surface area contributed by atoms with Gasteiger partial charge in [0.1, 0.15) is 18.5 Å². The van der Waals surface area contributed by atoms with Crippen LogP contribution in [0.3, 0.4) is 0 Å². The van der Waals surface area contributed by atoms with E-state index in [-0.39, 0.29) is 12.7 Å². The first-order valence-corrected chi connectivity index (χ1v) is 4.59. The molecular formula is C11H16O3. The molecule has 0 fully saturated rings. The van der Waals surface area contributed by atoms with E-state index in [1.807, 2.05) is 31.2 Å². The van der Waals surface area contributed by atoms with Gasteiger partial charge in [0.15, 0.2) is 0 Å². The molecule has 78 valence electrons. The Labute approximate surface area is 84.3 Å². The van der Waals surface area contributed by atoms with Crippen molar-refractivity contribution in [2.24, 2.45) is 0 Å². The minimum absolute atomic E-state index is 0.0254. The molecule has 0 aliphatic heterocycles. The number of hydrogen-bond donors (Lipinski definition) is 1. The van der Waals surface area contributed by atoms with E-state index in [4.69, 9.17) is 14.6 Å². The second kappa shape index (κ2) is 5.62. The van der Waals surface area contributed by atoms with Crippen LogP contribution in [0.2, 0.25) is 0 Å². The summed E-state index contributed by atoms with van der Waals surface area (Å²) in [6, 6.07) is 7.77. The summed E-state index contributed by atoms with van der Waals surface area (Å²) in [6.45, 7) is 2.37. The lowest BCUT2D eigenvalue weighted by atomic mass is 10.2. The van der Waals surface area contributed by atoms with Gasteiger partial charge in [-0.2, -0.15) is 0 Å².